The van der Waals surface area contributed by atoms with Gasteiger partial charge in [-0.1, -0.05) is 32.0 Å². The largest absolute Gasteiger partial charge is 0.368 e. The SMILES string of the molecule is CC1(C)CC(=O)c2c(nc(N3CCN(c4ccccc4)CC3)c(C#N)c2Br)C1. The fourth-order valence-corrected chi connectivity index (χ4v) is 4.90. The number of aromatic nitrogens is 1. The van der Waals surface area contributed by atoms with E-state index in [-0.39, 0.29) is 11.2 Å². The molecule has 1 aromatic heterocycles. The molecule has 4 rings (SSSR count). The average Bonchev–Trinajstić information content (AvgIpc) is 2.67. The van der Waals surface area contributed by atoms with Gasteiger partial charge in [0, 0.05) is 38.3 Å². The Bertz CT molecular complexity index is 957. The Kier molecular flexibility index (Phi) is 4.88. The van der Waals surface area contributed by atoms with Crippen LogP contribution in [0.25, 0.3) is 0 Å². The first-order valence-corrected chi connectivity index (χ1v) is 10.4. The summed E-state index contributed by atoms with van der Waals surface area (Å²) < 4.78 is 0.612. The maximum atomic E-state index is 12.7. The van der Waals surface area contributed by atoms with E-state index in [2.05, 4.69) is 69.9 Å². The Morgan fingerprint density at radius 3 is 2.36 bits per heavy atom. The van der Waals surface area contributed by atoms with E-state index in [1.165, 1.54) is 5.69 Å². The van der Waals surface area contributed by atoms with Crippen molar-refractivity contribution in [1.29, 1.82) is 5.26 Å². The lowest BCUT2D eigenvalue weighted by atomic mass is 9.75. The summed E-state index contributed by atoms with van der Waals surface area (Å²) in [5.41, 5.74) is 3.00. The van der Waals surface area contributed by atoms with E-state index < -0.39 is 0 Å². The first-order chi connectivity index (χ1) is 13.4. The summed E-state index contributed by atoms with van der Waals surface area (Å²) in [7, 11) is 0. The molecule has 0 unspecified atom stereocenters. The van der Waals surface area contributed by atoms with Gasteiger partial charge in [0.15, 0.2) is 5.78 Å². The van der Waals surface area contributed by atoms with Crippen LogP contribution in [0.15, 0.2) is 34.8 Å². The molecular weight excluding hydrogens is 416 g/mol. The Morgan fingerprint density at radius 2 is 1.71 bits per heavy atom. The van der Waals surface area contributed by atoms with Crippen LogP contribution in [0.2, 0.25) is 0 Å². The van der Waals surface area contributed by atoms with Gasteiger partial charge in [-0.3, -0.25) is 4.79 Å². The monoisotopic (exact) mass is 438 g/mol. The van der Waals surface area contributed by atoms with Gasteiger partial charge in [0.25, 0.3) is 0 Å². The number of anilines is 2. The lowest BCUT2D eigenvalue weighted by molar-refractivity contribution is 0.0909. The molecule has 1 aliphatic carbocycles. The summed E-state index contributed by atoms with van der Waals surface area (Å²) in [6.07, 6.45) is 1.23. The minimum absolute atomic E-state index is 0.0718. The molecule has 2 heterocycles. The number of fused-ring (bicyclic) bond motifs is 1. The molecule has 1 fully saturated rings. The zero-order valence-corrected chi connectivity index (χ0v) is 17.8. The molecule has 0 saturated carbocycles. The summed E-state index contributed by atoms with van der Waals surface area (Å²) >= 11 is 3.55. The second-order valence-corrected chi connectivity index (χ2v) is 9.10. The minimum atomic E-state index is -0.103. The molecular formula is C22H23BrN4O. The van der Waals surface area contributed by atoms with Crippen LogP contribution < -0.4 is 9.80 Å². The molecule has 1 aromatic carbocycles. The summed E-state index contributed by atoms with van der Waals surface area (Å²) in [4.78, 5) is 22.0. The topological polar surface area (TPSA) is 60.2 Å². The standard InChI is InChI=1S/C22H23BrN4O/c1-22(2)12-17-19(18(28)13-22)20(23)16(14-24)21(25-17)27-10-8-26(9-11-27)15-6-4-3-5-7-15/h3-7H,8-13H2,1-2H3. The van der Waals surface area contributed by atoms with Crippen molar-refractivity contribution in [3.63, 3.8) is 0 Å². The van der Waals surface area contributed by atoms with Crippen LogP contribution >= 0.6 is 15.9 Å². The Morgan fingerprint density at radius 1 is 1.07 bits per heavy atom. The Balaban J connectivity index is 1.65. The number of rotatable bonds is 2. The number of carbonyl (C=O) groups excluding carboxylic acids is 1. The fraction of sp³-hybridized carbons (Fsp3) is 0.409. The smallest absolute Gasteiger partial charge is 0.166 e. The molecule has 6 heteroatoms. The molecule has 1 aliphatic heterocycles. The minimum Gasteiger partial charge on any atom is -0.368 e. The summed E-state index contributed by atoms with van der Waals surface area (Å²) in [5, 5.41) is 9.78. The van der Waals surface area contributed by atoms with E-state index >= 15 is 0 Å². The van der Waals surface area contributed by atoms with E-state index in [0.29, 0.717) is 27.8 Å². The van der Waals surface area contributed by atoms with Crippen LogP contribution in [0.5, 0.6) is 0 Å². The number of pyridine rings is 1. The highest BCUT2D eigenvalue weighted by atomic mass is 79.9. The maximum Gasteiger partial charge on any atom is 0.166 e. The van der Waals surface area contributed by atoms with Crippen molar-refractivity contribution in [2.75, 3.05) is 36.0 Å². The number of nitriles is 1. The second-order valence-electron chi connectivity index (χ2n) is 8.31. The van der Waals surface area contributed by atoms with Gasteiger partial charge in [-0.25, -0.2) is 4.98 Å². The normalized spacial score (nSPS) is 18.6. The molecule has 0 bridgehead atoms. The molecule has 2 aromatic rings. The fourth-order valence-electron chi connectivity index (χ4n) is 4.18. The molecule has 0 amide bonds. The Labute approximate surface area is 174 Å². The zero-order valence-electron chi connectivity index (χ0n) is 16.2. The van der Waals surface area contributed by atoms with Gasteiger partial charge in [-0.15, -0.1) is 0 Å². The molecule has 0 atom stereocenters. The van der Waals surface area contributed by atoms with E-state index in [1.54, 1.807) is 0 Å². The number of ketones is 1. The number of carbonyl (C=O) groups is 1. The van der Waals surface area contributed by atoms with Crippen LogP contribution in [-0.4, -0.2) is 36.9 Å². The summed E-state index contributed by atoms with van der Waals surface area (Å²) in [6.45, 7) is 7.52. The molecule has 5 nitrogen and oxygen atoms in total. The predicted octanol–water partition coefficient (Wildman–Crippen LogP) is 4.20. The van der Waals surface area contributed by atoms with Gasteiger partial charge in [0.05, 0.1) is 15.7 Å². The maximum absolute atomic E-state index is 12.7. The summed E-state index contributed by atoms with van der Waals surface area (Å²) in [6, 6.07) is 12.7. The third kappa shape index (κ3) is 3.40. The molecule has 144 valence electrons. The molecule has 0 radical (unpaired) electrons. The number of piperazine rings is 1. The lowest BCUT2D eigenvalue weighted by Crippen LogP contribution is -2.47. The van der Waals surface area contributed by atoms with Crippen molar-refractivity contribution < 1.29 is 4.79 Å². The van der Waals surface area contributed by atoms with E-state index in [0.717, 1.165) is 38.3 Å². The molecule has 0 spiro atoms. The molecule has 1 saturated heterocycles. The Hall–Kier alpha value is -2.39. The van der Waals surface area contributed by atoms with Gasteiger partial charge in [0.1, 0.15) is 17.5 Å². The third-order valence-electron chi connectivity index (χ3n) is 5.57. The van der Waals surface area contributed by atoms with Crippen LogP contribution in [-0.2, 0) is 6.42 Å². The van der Waals surface area contributed by atoms with Crippen molar-refractivity contribution in [3.05, 3.63) is 51.6 Å². The quantitative estimate of drug-likeness (QED) is 0.702. The van der Waals surface area contributed by atoms with Crippen molar-refractivity contribution in [2.24, 2.45) is 5.41 Å². The van der Waals surface area contributed by atoms with Gasteiger partial charge < -0.3 is 9.80 Å². The number of para-hydroxylation sites is 1. The predicted molar refractivity (Wildman–Crippen MR) is 114 cm³/mol. The number of halogens is 1. The van der Waals surface area contributed by atoms with Gasteiger partial charge in [-0.2, -0.15) is 5.26 Å². The number of hydrogen-bond donors (Lipinski definition) is 0. The second kappa shape index (κ2) is 7.21. The average molecular weight is 439 g/mol. The number of nitrogens with zero attached hydrogens (tertiary/aromatic N) is 4. The number of Topliss-reactive ketones (excluding diaryl/α,β-unsaturated/α-hetero) is 1. The first-order valence-electron chi connectivity index (χ1n) is 9.60. The van der Waals surface area contributed by atoms with Crippen molar-refractivity contribution in [1.82, 2.24) is 4.98 Å². The van der Waals surface area contributed by atoms with E-state index in [9.17, 15) is 10.1 Å². The van der Waals surface area contributed by atoms with Crippen molar-refractivity contribution >= 4 is 33.2 Å². The highest BCUT2D eigenvalue weighted by molar-refractivity contribution is 9.10. The first kappa shape index (κ1) is 18.9. The highest BCUT2D eigenvalue weighted by Gasteiger charge is 2.36. The highest BCUT2D eigenvalue weighted by Crippen LogP contribution is 2.40. The van der Waals surface area contributed by atoms with E-state index in [1.807, 2.05) is 6.07 Å². The third-order valence-corrected chi connectivity index (χ3v) is 6.36. The molecule has 28 heavy (non-hydrogen) atoms. The van der Waals surface area contributed by atoms with Gasteiger partial charge >= 0.3 is 0 Å². The molecule has 2 aliphatic rings. The zero-order chi connectivity index (χ0) is 19.9. The lowest BCUT2D eigenvalue weighted by Gasteiger charge is -2.38. The van der Waals surface area contributed by atoms with E-state index in [4.69, 9.17) is 4.98 Å². The summed E-state index contributed by atoms with van der Waals surface area (Å²) in [5.74, 6) is 0.772. The van der Waals surface area contributed by atoms with Crippen molar-refractivity contribution in [2.45, 2.75) is 26.7 Å². The van der Waals surface area contributed by atoms with Gasteiger partial charge in [-0.05, 0) is 39.9 Å². The van der Waals surface area contributed by atoms with Crippen LogP contribution in [0, 0.1) is 16.7 Å². The van der Waals surface area contributed by atoms with Gasteiger partial charge in [0.2, 0.25) is 0 Å². The van der Waals surface area contributed by atoms with Crippen molar-refractivity contribution in [3.8, 4) is 6.07 Å². The number of hydrogen-bond acceptors (Lipinski definition) is 5. The van der Waals surface area contributed by atoms with Crippen LogP contribution in [0.4, 0.5) is 11.5 Å². The molecule has 0 N–H and O–H groups in total. The van der Waals surface area contributed by atoms with Crippen LogP contribution in [0.3, 0.4) is 0 Å². The van der Waals surface area contributed by atoms with Crippen LogP contribution in [0.1, 0.15) is 41.9 Å². The number of benzene rings is 1.